The highest BCUT2D eigenvalue weighted by Crippen LogP contribution is 2.39. The molecule has 2 aliphatic heterocycles. The zero-order chi connectivity index (χ0) is 23.9. The largest absolute Gasteiger partial charge is 0.468 e. The van der Waals surface area contributed by atoms with Crippen molar-refractivity contribution in [2.75, 3.05) is 31.6 Å². The van der Waals surface area contributed by atoms with E-state index in [0.29, 0.717) is 11.1 Å². The molecule has 2 aliphatic rings. The van der Waals surface area contributed by atoms with Gasteiger partial charge in [-0.05, 0) is 17.7 Å². The third kappa shape index (κ3) is 4.28. The summed E-state index contributed by atoms with van der Waals surface area (Å²) in [6.45, 7) is -1.30. The van der Waals surface area contributed by atoms with E-state index in [1.54, 1.807) is 24.3 Å². The van der Waals surface area contributed by atoms with Crippen LogP contribution in [0.1, 0.15) is 22.0 Å². The van der Waals surface area contributed by atoms with Crippen molar-refractivity contribution >= 4 is 23.6 Å². The number of alkyl halides is 3. The summed E-state index contributed by atoms with van der Waals surface area (Å²) in [6.07, 6.45) is -4.41. The minimum Gasteiger partial charge on any atom is -0.468 e. The lowest BCUT2D eigenvalue weighted by Crippen LogP contribution is -2.62. The maximum absolute atomic E-state index is 13.5. The lowest BCUT2D eigenvalue weighted by Gasteiger charge is -2.44. The minimum absolute atomic E-state index is 0.0926. The normalized spacial score (nSPS) is 18.1. The Bertz CT molecular complexity index is 1090. The van der Waals surface area contributed by atoms with Gasteiger partial charge in [0.2, 0.25) is 5.88 Å². The van der Waals surface area contributed by atoms with Gasteiger partial charge in [0.05, 0.1) is 17.9 Å². The van der Waals surface area contributed by atoms with Crippen LogP contribution in [0.5, 0.6) is 5.88 Å². The molecule has 1 aromatic carbocycles. The number of hydrogen-bond acceptors (Lipinski definition) is 5. The van der Waals surface area contributed by atoms with E-state index in [1.165, 1.54) is 35.2 Å². The average Bonchev–Trinajstić information content (AvgIpc) is 3.02. The van der Waals surface area contributed by atoms with Crippen LogP contribution >= 0.6 is 0 Å². The molecule has 3 amide bonds. The van der Waals surface area contributed by atoms with Gasteiger partial charge in [0.1, 0.15) is 6.04 Å². The van der Waals surface area contributed by atoms with Gasteiger partial charge in [-0.1, -0.05) is 18.2 Å². The average molecular weight is 464 g/mol. The molecule has 1 N–H and O–H groups in total. The number of carbonyl (C=O) groups excluding carboxylic acids is 2. The number of likely N-dealkylation sites (N-methyl/N-ethyl adjacent to an activating group) is 1. The molecule has 1 unspecified atom stereocenters. The topological polar surface area (TPSA) is 103 Å². The quantitative estimate of drug-likeness (QED) is 0.730. The van der Waals surface area contributed by atoms with Gasteiger partial charge in [-0.15, -0.1) is 0 Å². The van der Waals surface area contributed by atoms with Gasteiger partial charge in [-0.3, -0.25) is 9.59 Å². The number of amides is 3. The Morgan fingerprint density at radius 3 is 2.52 bits per heavy atom. The number of fused-ring (bicyclic) bond motifs is 1. The number of rotatable bonds is 5. The number of ether oxygens (including phenoxy) is 1. The number of hydrogen-bond donors (Lipinski definition) is 1. The number of nitrogens with zero attached hydrogens (tertiary/aromatic N) is 4. The number of aromatic nitrogens is 1. The molecule has 4 rings (SSSR count). The molecule has 0 aliphatic carbocycles. The summed E-state index contributed by atoms with van der Waals surface area (Å²) in [4.78, 5) is 45.3. The number of pyridine rings is 1. The zero-order valence-corrected chi connectivity index (χ0v) is 17.3. The van der Waals surface area contributed by atoms with Gasteiger partial charge < -0.3 is 24.5 Å². The SMILES string of the molecule is CN(C(=O)C1c2ccccc2C(=O)N1C1CN(C(=O)O)C1)c1ccc(OCC(F)(F)F)nc1. The Morgan fingerprint density at radius 1 is 1.21 bits per heavy atom. The number of halogens is 3. The molecule has 9 nitrogen and oxygen atoms in total. The second-order valence-corrected chi connectivity index (χ2v) is 7.70. The summed E-state index contributed by atoms with van der Waals surface area (Å²) >= 11 is 0. The second-order valence-electron chi connectivity index (χ2n) is 7.70. The van der Waals surface area contributed by atoms with Crippen LogP contribution in [0.2, 0.25) is 0 Å². The Kier molecular flexibility index (Phi) is 5.60. The standard InChI is InChI=1S/C21H19F3N4O5/c1-26(12-6-7-16(25-8-12)33-11-21(22,23)24)19(30)17-14-4-2-3-5-15(14)18(29)28(17)13-9-27(10-13)20(31)32/h2-8,13,17H,9-11H2,1H3,(H,31,32). The lowest BCUT2D eigenvalue weighted by molar-refractivity contribution is -0.154. The summed E-state index contributed by atoms with van der Waals surface area (Å²) in [5.41, 5.74) is 1.16. The summed E-state index contributed by atoms with van der Waals surface area (Å²) in [7, 11) is 1.46. The highest BCUT2D eigenvalue weighted by Gasteiger charge is 2.49. The first kappa shape index (κ1) is 22.4. The predicted octanol–water partition coefficient (Wildman–Crippen LogP) is 2.54. The van der Waals surface area contributed by atoms with Crippen LogP contribution in [-0.4, -0.2) is 76.8 Å². The molecule has 12 heteroatoms. The molecule has 1 fully saturated rings. The Labute approximate surface area is 186 Å². The molecule has 1 atom stereocenters. The highest BCUT2D eigenvalue weighted by molar-refractivity contribution is 6.08. The Hall–Kier alpha value is -3.83. The molecule has 2 aromatic rings. The van der Waals surface area contributed by atoms with Crippen LogP contribution in [0, 0.1) is 0 Å². The van der Waals surface area contributed by atoms with Crippen molar-refractivity contribution < 1.29 is 37.4 Å². The van der Waals surface area contributed by atoms with Crippen LogP contribution in [0.4, 0.5) is 23.7 Å². The minimum atomic E-state index is -4.50. The zero-order valence-electron chi connectivity index (χ0n) is 17.3. The molecular weight excluding hydrogens is 445 g/mol. The molecule has 0 spiro atoms. The molecule has 33 heavy (non-hydrogen) atoms. The Morgan fingerprint density at radius 2 is 1.91 bits per heavy atom. The van der Waals surface area contributed by atoms with E-state index < -0.39 is 36.9 Å². The fourth-order valence-corrected chi connectivity index (χ4v) is 3.88. The first-order valence-corrected chi connectivity index (χ1v) is 9.89. The third-order valence-corrected chi connectivity index (χ3v) is 5.58. The Balaban J connectivity index is 1.55. The molecule has 1 saturated heterocycles. The van der Waals surface area contributed by atoms with Crippen LogP contribution in [-0.2, 0) is 4.79 Å². The van der Waals surface area contributed by atoms with Crippen molar-refractivity contribution in [1.29, 1.82) is 0 Å². The fourth-order valence-electron chi connectivity index (χ4n) is 3.88. The maximum Gasteiger partial charge on any atom is 0.422 e. The monoisotopic (exact) mass is 464 g/mol. The number of carbonyl (C=O) groups is 3. The predicted molar refractivity (Wildman–Crippen MR) is 108 cm³/mol. The van der Waals surface area contributed by atoms with E-state index in [4.69, 9.17) is 5.11 Å². The summed E-state index contributed by atoms with van der Waals surface area (Å²) < 4.78 is 41.5. The molecule has 174 valence electrons. The first-order chi connectivity index (χ1) is 15.6. The molecular formula is C21H19F3N4O5. The van der Waals surface area contributed by atoms with E-state index in [0.717, 1.165) is 4.90 Å². The van der Waals surface area contributed by atoms with Crippen molar-refractivity contribution in [3.8, 4) is 5.88 Å². The fraction of sp³-hybridized carbons (Fsp3) is 0.333. The van der Waals surface area contributed by atoms with Crippen molar-refractivity contribution in [3.63, 3.8) is 0 Å². The smallest absolute Gasteiger partial charge is 0.422 e. The third-order valence-electron chi connectivity index (χ3n) is 5.58. The van der Waals surface area contributed by atoms with Crippen LogP contribution in [0.15, 0.2) is 42.6 Å². The number of anilines is 1. The van der Waals surface area contributed by atoms with Crippen LogP contribution in [0.25, 0.3) is 0 Å². The molecule has 0 radical (unpaired) electrons. The number of benzene rings is 1. The maximum atomic E-state index is 13.5. The number of likely N-dealkylation sites (tertiary alicyclic amines) is 1. The van der Waals surface area contributed by atoms with Crippen molar-refractivity contribution in [1.82, 2.24) is 14.8 Å². The van der Waals surface area contributed by atoms with Gasteiger partial charge in [0.25, 0.3) is 11.8 Å². The molecule has 3 heterocycles. The first-order valence-electron chi connectivity index (χ1n) is 9.89. The van der Waals surface area contributed by atoms with Crippen molar-refractivity contribution in [2.45, 2.75) is 18.3 Å². The second kappa shape index (κ2) is 8.26. The van der Waals surface area contributed by atoms with Gasteiger partial charge in [-0.2, -0.15) is 13.2 Å². The molecule has 0 saturated carbocycles. The van der Waals surface area contributed by atoms with E-state index in [1.807, 2.05) is 0 Å². The summed E-state index contributed by atoms with van der Waals surface area (Å²) in [5.74, 6) is -1.07. The van der Waals surface area contributed by atoms with Crippen LogP contribution in [0.3, 0.4) is 0 Å². The lowest BCUT2D eigenvalue weighted by atomic mass is 10.0. The van der Waals surface area contributed by atoms with E-state index in [-0.39, 0.29) is 30.6 Å². The van der Waals surface area contributed by atoms with Gasteiger partial charge in [0.15, 0.2) is 6.61 Å². The molecule has 0 bridgehead atoms. The van der Waals surface area contributed by atoms with Crippen LogP contribution < -0.4 is 9.64 Å². The molecule has 1 aromatic heterocycles. The highest BCUT2D eigenvalue weighted by atomic mass is 19.4. The van der Waals surface area contributed by atoms with Crippen molar-refractivity contribution in [2.24, 2.45) is 0 Å². The van der Waals surface area contributed by atoms with Gasteiger partial charge >= 0.3 is 12.3 Å². The van der Waals surface area contributed by atoms with E-state index in [9.17, 15) is 27.6 Å². The van der Waals surface area contributed by atoms with E-state index in [2.05, 4.69) is 9.72 Å². The van der Waals surface area contributed by atoms with Gasteiger partial charge in [0, 0.05) is 31.8 Å². The summed E-state index contributed by atoms with van der Waals surface area (Å²) in [5, 5.41) is 9.12. The number of carboxylic acid groups (broad SMARTS) is 1. The van der Waals surface area contributed by atoms with Crippen molar-refractivity contribution in [3.05, 3.63) is 53.7 Å². The van der Waals surface area contributed by atoms with Gasteiger partial charge in [-0.25, -0.2) is 9.78 Å². The summed E-state index contributed by atoms with van der Waals surface area (Å²) in [6, 6.07) is 7.84. The van der Waals surface area contributed by atoms with E-state index >= 15 is 0 Å².